The molecule has 1 aliphatic rings. The summed E-state index contributed by atoms with van der Waals surface area (Å²) in [5.74, 6) is -0.562. The summed E-state index contributed by atoms with van der Waals surface area (Å²) in [7, 11) is 0. The van der Waals surface area contributed by atoms with Crippen LogP contribution < -0.4 is 4.90 Å². The van der Waals surface area contributed by atoms with Gasteiger partial charge in [-0.25, -0.2) is 14.2 Å². The van der Waals surface area contributed by atoms with Crippen LogP contribution in [0, 0.1) is 5.82 Å². The molecular weight excluding hydrogens is 287 g/mol. The Hall–Kier alpha value is -2.47. The molecule has 3 rings (SSSR count). The molecule has 0 amide bonds. The number of benzene rings is 1. The molecule has 0 aliphatic carbocycles. The number of pyridine rings is 1. The van der Waals surface area contributed by atoms with Gasteiger partial charge in [0.25, 0.3) is 0 Å². The lowest BCUT2D eigenvalue weighted by atomic mass is 10.1. The average Bonchev–Trinajstić information content (AvgIpc) is 2.56. The Morgan fingerprint density at radius 1 is 1.27 bits per heavy atom. The summed E-state index contributed by atoms with van der Waals surface area (Å²) in [4.78, 5) is 17.1. The van der Waals surface area contributed by atoms with Crippen LogP contribution in [-0.4, -0.2) is 35.8 Å². The first-order valence-electron chi connectivity index (χ1n) is 6.95. The highest BCUT2D eigenvalue weighted by molar-refractivity contribution is 5.87. The molecule has 1 fully saturated rings. The molecule has 1 atom stereocenters. The van der Waals surface area contributed by atoms with Crippen molar-refractivity contribution in [2.45, 2.75) is 6.10 Å². The number of ether oxygens (including phenoxy) is 1. The summed E-state index contributed by atoms with van der Waals surface area (Å²) in [5.41, 5.74) is 1.07. The number of morpholine rings is 1. The third kappa shape index (κ3) is 3.07. The van der Waals surface area contributed by atoms with Crippen LogP contribution in [0.2, 0.25) is 0 Å². The molecule has 1 saturated heterocycles. The number of carbonyl (C=O) groups is 1. The van der Waals surface area contributed by atoms with Crippen LogP contribution in [0.5, 0.6) is 0 Å². The number of aromatic carboxylic acids is 1. The van der Waals surface area contributed by atoms with E-state index in [4.69, 9.17) is 9.84 Å². The number of halogens is 1. The lowest BCUT2D eigenvalue weighted by Gasteiger charge is -2.34. The molecule has 1 N–H and O–H groups in total. The van der Waals surface area contributed by atoms with Gasteiger partial charge in [-0.1, -0.05) is 12.1 Å². The Morgan fingerprint density at radius 2 is 2.05 bits per heavy atom. The summed E-state index contributed by atoms with van der Waals surface area (Å²) in [6, 6.07) is 9.48. The minimum atomic E-state index is -0.995. The van der Waals surface area contributed by atoms with Gasteiger partial charge in [0, 0.05) is 19.3 Å². The summed E-state index contributed by atoms with van der Waals surface area (Å²) < 4.78 is 18.7. The van der Waals surface area contributed by atoms with E-state index in [0.717, 1.165) is 5.56 Å². The van der Waals surface area contributed by atoms with E-state index >= 15 is 0 Å². The van der Waals surface area contributed by atoms with Gasteiger partial charge in [0.15, 0.2) is 0 Å². The van der Waals surface area contributed by atoms with Crippen molar-refractivity contribution < 1.29 is 19.0 Å². The number of hydrogen-bond donors (Lipinski definition) is 1. The van der Waals surface area contributed by atoms with Crippen LogP contribution in [0.25, 0.3) is 0 Å². The van der Waals surface area contributed by atoms with Crippen molar-refractivity contribution in [2.24, 2.45) is 0 Å². The molecule has 1 aliphatic heterocycles. The Balaban J connectivity index is 1.75. The van der Waals surface area contributed by atoms with Crippen LogP contribution in [-0.2, 0) is 4.74 Å². The maximum absolute atomic E-state index is 13.0. The van der Waals surface area contributed by atoms with Gasteiger partial charge in [0.2, 0.25) is 0 Å². The lowest BCUT2D eigenvalue weighted by molar-refractivity contribution is 0.0395. The van der Waals surface area contributed by atoms with Crippen molar-refractivity contribution in [3.63, 3.8) is 0 Å². The maximum atomic E-state index is 13.0. The van der Waals surface area contributed by atoms with E-state index in [0.29, 0.717) is 25.5 Å². The van der Waals surface area contributed by atoms with E-state index in [1.165, 1.54) is 24.4 Å². The van der Waals surface area contributed by atoms with Gasteiger partial charge in [-0.3, -0.25) is 0 Å². The second-order valence-electron chi connectivity index (χ2n) is 5.07. The first-order valence-corrected chi connectivity index (χ1v) is 6.95. The molecule has 22 heavy (non-hydrogen) atoms. The molecule has 0 saturated carbocycles. The van der Waals surface area contributed by atoms with Crippen molar-refractivity contribution in [3.05, 3.63) is 59.5 Å². The summed E-state index contributed by atoms with van der Waals surface area (Å²) in [5, 5.41) is 8.89. The van der Waals surface area contributed by atoms with Crippen molar-refractivity contribution >= 4 is 11.8 Å². The first-order chi connectivity index (χ1) is 10.6. The SMILES string of the molecule is O=C(O)c1ccc(N2CCO[C@H](c3ccc(F)cc3)C2)nc1. The van der Waals surface area contributed by atoms with Gasteiger partial charge < -0.3 is 14.7 Å². The number of rotatable bonds is 3. The van der Waals surface area contributed by atoms with Gasteiger partial charge in [0.1, 0.15) is 17.7 Å². The van der Waals surface area contributed by atoms with E-state index in [-0.39, 0.29) is 17.5 Å². The first kappa shape index (κ1) is 14.5. The van der Waals surface area contributed by atoms with E-state index in [1.54, 1.807) is 18.2 Å². The summed E-state index contributed by atoms with van der Waals surface area (Å²) >= 11 is 0. The number of carboxylic acids is 1. The van der Waals surface area contributed by atoms with Gasteiger partial charge in [-0.2, -0.15) is 0 Å². The van der Waals surface area contributed by atoms with Crippen LogP contribution in [0.3, 0.4) is 0 Å². The molecule has 1 aromatic carbocycles. The number of nitrogens with zero attached hydrogens (tertiary/aromatic N) is 2. The standard InChI is InChI=1S/C16H15FN2O3/c17-13-4-1-11(2-5-13)14-10-19(7-8-22-14)15-6-3-12(9-18-15)16(20)21/h1-6,9,14H,7-8,10H2,(H,20,21)/t14-/m0/s1. The molecule has 114 valence electrons. The Morgan fingerprint density at radius 3 is 2.68 bits per heavy atom. The summed E-state index contributed by atoms with van der Waals surface area (Å²) in [6.45, 7) is 1.80. The fourth-order valence-electron chi connectivity index (χ4n) is 2.44. The molecule has 0 unspecified atom stereocenters. The monoisotopic (exact) mass is 302 g/mol. The zero-order valence-electron chi connectivity index (χ0n) is 11.8. The normalized spacial score (nSPS) is 18.2. The van der Waals surface area contributed by atoms with E-state index < -0.39 is 5.97 Å². The lowest BCUT2D eigenvalue weighted by Crippen LogP contribution is -2.38. The van der Waals surface area contributed by atoms with Crippen molar-refractivity contribution in [2.75, 3.05) is 24.6 Å². The Kier molecular flexibility index (Phi) is 4.02. The molecule has 2 heterocycles. The topological polar surface area (TPSA) is 62.7 Å². The molecule has 2 aromatic rings. The molecule has 0 radical (unpaired) electrons. The number of hydrogen-bond acceptors (Lipinski definition) is 4. The minimum absolute atomic E-state index is 0.157. The number of anilines is 1. The molecule has 0 bridgehead atoms. The van der Waals surface area contributed by atoms with Gasteiger partial charge in [-0.15, -0.1) is 0 Å². The Labute approximate surface area is 127 Å². The quantitative estimate of drug-likeness (QED) is 0.944. The predicted octanol–water partition coefficient (Wildman–Crippen LogP) is 2.50. The maximum Gasteiger partial charge on any atom is 0.337 e. The van der Waals surface area contributed by atoms with E-state index in [2.05, 4.69) is 4.98 Å². The second-order valence-corrected chi connectivity index (χ2v) is 5.07. The van der Waals surface area contributed by atoms with Crippen LogP contribution in [0.1, 0.15) is 22.0 Å². The third-order valence-electron chi connectivity index (χ3n) is 3.63. The zero-order chi connectivity index (χ0) is 15.5. The minimum Gasteiger partial charge on any atom is -0.478 e. The van der Waals surface area contributed by atoms with Crippen molar-refractivity contribution in [1.82, 2.24) is 4.98 Å². The second kappa shape index (κ2) is 6.11. The van der Waals surface area contributed by atoms with Crippen LogP contribution >= 0.6 is 0 Å². The van der Waals surface area contributed by atoms with E-state index in [1.807, 2.05) is 4.90 Å². The van der Waals surface area contributed by atoms with Gasteiger partial charge in [-0.05, 0) is 29.8 Å². The highest BCUT2D eigenvalue weighted by atomic mass is 19.1. The molecule has 1 aromatic heterocycles. The van der Waals surface area contributed by atoms with Gasteiger partial charge >= 0.3 is 5.97 Å². The molecule has 5 nitrogen and oxygen atoms in total. The summed E-state index contributed by atoms with van der Waals surface area (Å²) in [6.07, 6.45) is 1.19. The molecule has 0 spiro atoms. The zero-order valence-corrected chi connectivity index (χ0v) is 11.8. The predicted molar refractivity (Wildman–Crippen MR) is 78.5 cm³/mol. The fraction of sp³-hybridized carbons (Fsp3) is 0.250. The molecule has 6 heteroatoms. The van der Waals surface area contributed by atoms with Crippen LogP contribution in [0.15, 0.2) is 42.6 Å². The average molecular weight is 302 g/mol. The number of aromatic nitrogens is 1. The van der Waals surface area contributed by atoms with E-state index in [9.17, 15) is 9.18 Å². The Bertz CT molecular complexity index is 658. The highest BCUT2D eigenvalue weighted by Gasteiger charge is 2.23. The molecular formula is C16H15FN2O3. The largest absolute Gasteiger partial charge is 0.478 e. The third-order valence-corrected chi connectivity index (χ3v) is 3.63. The smallest absolute Gasteiger partial charge is 0.337 e. The van der Waals surface area contributed by atoms with Gasteiger partial charge in [0.05, 0.1) is 12.2 Å². The van der Waals surface area contributed by atoms with Crippen molar-refractivity contribution in [3.8, 4) is 0 Å². The fourth-order valence-corrected chi connectivity index (χ4v) is 2.44. The van der Waals surface area contributed by atoms with Crippen LogP contribution in [0.4, 0.5) is 10.2 Å². The highest BCUT2D eigenvalue weighted by Crippen LogP contribution is 2.25. The number of carboxylic acid groups (broad SMARTS) is 1. The van der Waals surface area contributed by atoms with Crippen molar-refractivity contribution in [1.29, 1.82) is 0 Å².